The first kappa shape index (κ1) is 26.7. The zero-order valence-corrected chi connectivity index (χ0v) is 22.2. The van der Waals surface area contributed by atoms with E-state index in [2.05, 4.69) is 5.32 Å². The molecular formula is C27H19Cl3N2O4S. The Balaban J connectivity index is 1.69. The van der Waals surface area contributed by atoms with Gasteiger partial charge in [0.05, 0.1) is 16.3 Å². The molecule has 0 aliphatic carbocycles. The minimum atomic E-state index is -4.18. The van der Waals surface area contributed by atoms with Crippen LogP contribution in [0.25, 0.3) is 0 Å². The van der Waals surface area contributed by atoms with E-state index in [0.29, 0.717) is 10.6 Å². The SMILES string of the molecule is O=C(CN(c1cc(Cl)cc(Cl)c1)S(=O)(=O)c1ccccc1)Nc1ccc(Cl)cc1C(=O)c1ccccc1. The van der Waals surface area contributed by atoms with E-state index in [1.807, 2.05) is 0 Å². The molecule has 0 radical (unpaired) electrons. The first-order valence-corrected chi connectivity index (χ1v) is 13.5. The monoisotopic (exact) mass is 572 g/mol. The minimum Gasteiger partial charge on any atom is -0.324 e. The molecule has 0 aliphatic rings. The van der Waals surface area contributed by atoms with E-state index < -0.39 is 22.5 Å². The van der Waals surface area contributed by atoms with Crippen molar-refractivity contribution in [1.29, 1.82) is 0 Å². The van der Waals surface area contributed by atoms with E-state index in [1.54, 1.807) is 48.5 Å². The molecule has 0 aliphatic heterocycles. The number of nitrogens with one attached hydrogen (secondary N) is 1. The molecule has 4 aromatic rings. The second kappa shape index (κ2) is 11.4. The lowest BCUT2D eigenvalue weighted by Crippen LogP contribution is -2.38. The molecule has 0 aromatic heterocycles. The van der Waals surface area contributed by atoms with Gasteiger partial charge in [0.25, 0.3) is 10.0 Å². The summed E-state index contributed by atoms with van der Waals surface area (Å²) in [4.78, 5) is 26.3. The molecule has 0 spiro atoms. The van der Waals surface area contributed by atoms with Crippen LogP contribution in [0.1, 0.15) is 15.9 Å². The Hall–Kier alpha value is -3.36. The zero-order chi connectivity index (χ0) is 26.6. The van der Waals surface area contributed by atoms with Gasteiger partial charge in [-0.05, 0) is 48.5 Å². The van der Waals surface area contributed by atoms with Crippen LogP contribution in [0.3, 0.4) is 0 Å². The van der Waals surface area contributed by atoms with E-state index >= 15 is 0 Å². The molecule has 0 saturated carbocycles. The molecule has 0 atom stereocenters. The van der Waals surface area contributed by atoms with Crippen LogP contribution in [0.2, 0.25) is 15.1 Å². The van der Waals surface area contributed by atoms with E-state index in [0.717, 1.165) is 4.31 Å². The molecule has 1 N–H and O–H groups in total. The number of sulfonamides is 1. The minimum absolute atomic E-state index is 0.0228. The Morgan fingerprint density at radius 2 is 1.32 bits per heavy atom. The highest BCUT2D eigenvalue weighted by Gasteiger charge is 2.28. The fourth-order valence-corrected chi connectivity index (χ4v) is 5.71. The van der Waals surface area contributed by atoms with Crippen LogP contribution in [0, 0.1) is 0 Å². The Labute approximate surface area is 229 Å². The number of benzene rings is 4. The fraction of sp³-hybridized carbons (Fsp3) is 0.0370. The highest BCUT2D eigenvalue weighted by molar-refractivity contribution is 7.92. The Morgan fingerprint density at radius 3 is 1.95 bits per heavy atom. The van der Waals surface area contributed by atoms with Gasteiger partial charge in [0, 0.05) is 26.2 Å². The lowest BCUT2D eigenvalue weighted by atomic mass is 10.0. The van der Waals surface area contributed by atoms with Gasteiger partial charge in [0.1, 0.15) is 6.54 Å². The standard InChI is InChI=1S/C27H19Cl3N2O4S/c28-19-11-12-25(24(16-19)27(34)18-7-3-1-4-8-18)31-26(33)17-32(22-14-20(29)13-21(30)15-22)37(35,36)23-9-5-2-6-10-23/h1-16H,17H2,(H,31,33). The van der Waals surface area contributed by atoms with Crippen LogP contribution in [0.4, 0.5) is 11.4 Å². The first-order chi connectivity index (χ1) is 17.6. The maximum Gasteiger partial charge on any atom is 0.264 e. The number of rotatable bonds is 8. The quantitative estimate of drug-likeness (QED) is 0.237. The van der Waals surface area contributed by atoms with Gasteiger partial charge >= 0.3 is 0 Å². The summed E-state index contributed by atoms with van der Waals surface area (Å²) in [7, 11) is -4.18. The number of anilines is 2. The van der Waals surface area contributed by atoms with Crippen LogP contribution in [0.15, 0.2) is 102 Å². The number of carbonyl (C=O) groups is 2. The highest BCUT2D eigenvalue weighted by Crippen LogP contribution is 2.30. The summed E-state index contributed by atoms with van der Waals surface area (Å²) in [6.07, 6.45) is 0. The number of carbonyl (C=O) groups excluding carboxylic acids is 2. The molecule has 0 saturated heterocycles. The summed E-state index contributed by atoms with van der Waals surface area (Å²) in [5.74, 6) is -1.05. The third-order valence-electron chi connectivity index (χ3n) is 5.29. The topological polar surface area (TPSA) is 83.6 Å². The maximum absolute atomic E-state index is 13.5. The Morgan fingerprint density at radius 1 is 0.730 bits per heavy atom. The summed E-state index contributed by atoms with van der Waals surface area (Å²) in [5.41, 5.74) is 0.857. The molecule has 10 heteroatoms. The third kappa shape index (κ3) is 6.32. The maximum atomic E-state index is 13.5. The van der Waals surface area contributed by atoms with Gasteiger partial charge in [0.2, 0.25) is 5.91 Å². The molecule has 6 nitrogen and oxygen atoms in total. The smallest absolute Gasteiger partial charge is 0.264 e. The largest absolute Gasteiger partial charge is 0.324 e. The van der Waals surface area contributed by atoms with Crippen molar-refractivity contribution < 1.29 is 18.0 Å². The second-order valence-electron chi connectivity index (χ2n) is 7.89. The van der Waals surface area contributed by atoms with E-state index in [4.69, 9.17) is 34.8 Å². The van der Waals surface area contributed by atoms with Crippen LogP contribution in [-0.2, 0) is 14.8 Å². The molecule has 0 fully saturated rings. The lowest BCUT2D eigenvalue weighted by molar-refractivity contribution is -0.114. The fourth-order valence-electron chi connectivity index (χ4n) is 3.60. The lowest BCUT2D eigenvalue weighted by Gasteiger charge is -2.24. The van der Waals surface area contributed by atoms with Crippen LogP contribution >= 0.6 is 34.8 Å². The average molecular weight is 574 g/mol. The van der Waals surface area contributed by atoms with Crippen molar-refractivity contribution in [2.45, 2.75) is 4.90 Å². The van der Waals surface area contributed by atoms with Crippen molar-refractivity contribution >= 4 is 67.9 Å². The predicted molar refractivity (Wildman–Crippen MR) is 147 cm³/mol. The van der Waals surface area contributed by atoms with Gasteiger partial charge in [-0.1, -0.05) is 83.3 Å². The Kier molecular flexibility index (Phi) is 8.19. The van der Waals surface area contributed by atoms with Gasteiger partial charge in [0.15, 0.2) is 5.78 Å². The average Bonchev–Trinajstić information content (AvgIpc) is 2.88. The molecule has 4 aromatic carbocycles. The van der Waals surface area contributed by atoms with Gasteiger partial charge in [-0.15, -0.1) is 0 Å². The predicted octanol–water partition coefficient (Wildman–Crippen LogP) is 6.71. The molecule has 0 unspecified atom stereocenters. The summed E-state index contributed by atoms with van der Waals surface area (Å²) < 4.78 is 28.0. The van der Waals surface area contributed by atoms with Crippen molar-refractivity contribution in [3.63, 3.8) is 0 Å². The number of amides is 1. The number of nitrogens with zero attached hydrogens (tertiary/aromatic N) is 1. The molecular weight excluding hydrogens is 555 g/mol. The highest BCUT2D eigenvalue weighted by atomic mass is 35.5. The molecule has 0 bridgehead atoms. The Bertz CT molecular complexity index is 1540. The summed E-state index contributed by atoms with van der Waals surface area (Å²) >= 11 is 18.4. The molecule has 0 heterocycles. The van der Waals surface area contributed by atoms with Gasteiger partial charge in [-0.25, -0.2) is 8.42 Å². The van der Waals surface area contributed by atoms with Crippen molar-refractivity contribution in [2.24, 2.45) is 0 Å². The third-order valence-corrected chi connectivity index (χ3v) is 7.75. The molecule has 37 heavy (non-hydrogen) atoms. The summed E-state index contributed by atoms with van der Waals surface area (Å²) in [5, 5.41) is 3.35. The van der Waals surface area contributed by atoms with E-state index in [-0.39, 0.29) is 37.7 Å². The van der Waals surface area contributed by atoms with Crippen molar-refractivity contribution in [1.82, 2.24) is 0 Å². The first-order valence-electron chi connectivity index (χ1n) is 10.9. The molecule has 188 valence electrons. The van der Waals surface area contributed by atoms with Gasteiger partial charge in [-0.2, -0.15) is 0 Å². The van der Waals surface area contributed by atoms with Crippen LogP contribution < -0.4 is 9.62 Å². The van der Waals surface area contributed by atoms with Crippen molar-refractivity contribution in [3.05, 3.63) is 123 Å². The van der Waals surface area contributed by atoms with E-state index in [1.165, 1.54) is 48.5 Å². The van der Waals surface area contributed by atoms with Crippen LogP contribution in [0.5, 0.6) is 0 Å². The normalized spacial score (nSPS) is 11.1. The van der Waals surface area contributed by atoms with Crippen molar-refractivity contribution in [3.8, 4) is 0 Å². The second-order valence-corrected chi connectivity index (χ2v) is 11.1. The number of hydrogen-bond donors (Lipinski definition) is 1. The molecule has 1 amide bonds. The number of ketones is 1. The van der Waals surface area contributed by atoms with E-state index in [9.17, 15) is 18.0 Å². The summed E-state index contributed by atoms with van der Waals surface area (Å²) in [6.45, 7) is -0.616. The number of halogens is 3. The van der Waals surface area contributed by atoms with Gasteiger partial charge < -0.3 is 5.32 Å². The van der Waals surface area contributed by atoms with Gasteiger partial charge in [-0.3, -0.25) is 13.9 Å². The zero-order valence-electron chi connectivity index (χ0n) is 19.1. The van der Waals surface area contributed by atoms with Crippen LogP contribution in [-0.4, -0.2) is 26.7 Å². The summed E-state index contributed by atoms with van der Waals surface area (Å²) in [6, 6.07) is 24.9. The van der Waals surface area contributed by atoms with Crippen molar-refractivity contribution in [2.75, 3.05) is 16.2 Å². The number of hydrogen-bond acceptors (Lipinski definition) is 4. The molecule has 4 rings (SSSR count).